The molecule has 1 aliphatic rings. The van der Waals surface area contributed by atoms with Crippen LogP contribution in [0.3, 0.4) is 0 Å². The second-order valence-electron chi connectivity index (χ2n) is 7.12. The minimum absolute atomic E-state index is 0.242. The highest BCUT2D eigenvalue weighted by atomic mass is 16.1. The number of para-hydroxylation sites is 2. The molecule has 0 bridgehead atoms. The Hall–Kier alpha value is -3.73. The van der Waals surface area contributed by atoms with Gasteiger partial charge < -0.3 is 10.2 Å². The molecule has 29 heavy (non-hydrogen) atoms. The maximum atomic E-state index is 12.7. The number of fused-ring (bicyclic) bond motifs is 2. The van der Waals surface area contributed by atoms with Crippen molar-refractivity contribution in [3.05, 3.63) is 90.4 Å². The lowest BCUT2D eigenvalue weighted by Crippen LogP contribution is -2.24. The minimum atomic E-state index is -0.242. The Kier molecular flexibility index (Phi) is 4.41. The van der Waals surface area contributed by atoms with Gasteiger partial charge in [0.05, 0.1) is 23.1 Å². The molecule has 0 unspecified atom stereocenters. The first-order chi connectivity index (χ1) is 14.3. The van der Waals surface area contributed by atoms with Gasteiger partial charge in [0.15, 0.2) is 0 Å². The molecule has 2 aromatic heterocycles. The number of nitrogens with zero attached hydrogens (tertiary/aromatic N) is 3. The van der Waals surface area contributed by atoms with Crippen molar-refractivity contribution in [2.45, 2.75) is 12.8 Å². The van der Waals surface area contributed by atoms with Crippen LogP contribution in [-0.2, 0) is 6.42 Å². The third kappa shape index (κ3) is 3.31. The van der Waals surface area contributed by atoms with Crippen molar-refractivity contribution in [1.82, 2.24) is 9.97 Å². The van der Waals surface area contributed by atoms with Crippen LogP contribution in [0, 0.1) is 0 Å². The second-order valence-corrected chi connectivity index (χ2v) is 7.12. The van der Waals surface area contributed by atoms with E-state index in [1.807, 2.05) is 36.4 Å². The van der Waals surface area contributed by atoms with E-state index < -0.39 is 0 Å². The van der Waals surface area contributed by atoms with Gasteiger partial charge in [-0.25, -0.2) is 4.98 Å². The van der Waals surface area contributed by atoms with Crippen LogP contribution in [0.2, 0.25) is 0 Å². The number of hydrogen-bond acceptors (Lipinski definition) is 4. The van der Waals surface area contributed by atoms with Crippen LogP contribution in [-0.4, -0.2) is 22.4 Å². The molecule has 0 radical (unpaired) electrons. The fourth-order valence-corrected chi connectivity index (χ4v) is 3.87. The van der Waals surface area contributed by atoms with Crippen molar-refractivity contribution >= 4 is 33.9 Å². The number of aromatic nitrogens is 2. The monoisotopic (exact) mass is 380 g/mol. The van der Waals surface area contributed by atoms with Gasteiger partial charge >= 0.3 is 0 Å². The number of benzene rings is 2. The first-order valence-corrected chi connectivity index (χ1v) is 9.76. The zero-order chi connectivity index (χ0) is 19.6. The lowest BCUT2D eigenvalue weighted by molar-refractivity contribution is 0.102. The fraction of sp³-hybridized carbons (Fsp3) is 0.125. The first-order valence-electron chi connectivity index (χ1n) is 9.76. The average molecular weight is 380 g/mol. The Morgan fingerprint density at radius 1 is 0.931 bits per heavy atom. The van der Waals surface area contributed by atoms with Gasteiger partial charge in [-0.05, 0) is 48.7 Å². The van der Waals surface area contributed by atoms with Gasteiger partial charge in [0.2, 0.25) is 0 Å². The number of nitrogens with one attached hydrogen (secondary N) is 1. The maximum absolute atomic E-state index is 12.7. The maximum Gasteiger partial charge on any atom is 0.274 e. The number of carbonyl (C=O) groups excluding carboxylic acids is 1. The van der Waals surface area contributed by atoms with Crippen LogP contribution in [0.4, 0.5) is 17.1 Å². The highest BCUT2D eigenvalue weighted by Crippen LogP contribution is 2.32. The molecule has 0 atom stereocenters. The van der Waals surface area contributed by atoms with Gasteiger partial charge in [0.25, 0.3) is 5.91 Å². The topological polar surface area (TPSA) is 58.1 Å². The van der Waals surface area contributed by atoms with E-state index in [-0.39, 0.29) is 5.91 Å². The third-order valence-corrected chi connectivity index (χ3v) is 5.28. The molecular formula is C24H20N4O. The van der Waals surface area contributed by atoms with E-state index in [2.05, 4.69) is 44.5 Å². The molecule has 3 heterocycles. The van der Waals surface area contributed by atoms with Crippen LogP contribution >= 0.6 is 0 Å². The zero-order valence-corrected chi connectivity index (χ0v) is 15.9. The summed E-state index contributed by atoms with van der Waals surface area (Å²) in [6, 6.07) is 21.8. The van der Waals surface area contributed by atoms with E-state index in [4.69, 9.17) is 0 Å². The summed E-state index contributed by atoms with van der Waals surface area (Å²) in [5.74, 6) is -0.242. The summed E-state index contributed by atoms with van der Waals surface area (Å²) in [6.45, 7) is 0.950. The summed E-state index contributed by atoms with van der Waals surface area (Å²) in [5.41, 5.74) is 5.41. The Morgan fingerprint density at radius 3 is 2.72 bits per heavy atom. The van der Waals surface area contributed by atoms with Crippen molar-refractivity contribution in [2.24, 2.45) is 0 Å². The molecule has 1 N–H and O–H groups in total. The molecular weight excluding hydrogens is 360 g/mol. The fourth-order valence-electron chi connectivity index (χ4n) is 3.87. The number of amides is 1. The number of hydrogen-bond donors (Lipinski definition) is 1. The van der Waals surface area contributed by atoms with Crippen LogP contribution in [0.15, 0.2) is 79.1 Å². The third-order valence-electron chi connectivity index (χ3n) is 5.28. The van der Waals surface area contributed by atoms with Crippen molar-refractivity contribution in [3.63, 3.8) is 0 Å². The molecule has 2 aromatic carbocycles. The normalized spacial score (nSPS) is 13.2. The van der Waals surface area contributed by atoms with E-state index in [0.717, 1.165) is 36.0 Å². The molecule has 0 fully saturated rings. The zero-order valence-electron chi connectivity index (χ0n) is 15.9. The van der Waals surface area contributed by atoms with Gasteiger partial charge in [-0.1, -0.05) is 36.4 Å². The van der Waals surface area contributed by atoms with E-state index in [9.17, 15) is 4.79 Å². The predicted molar refractivity (Wildman–Crippen MR) is 116 cm³/mol. The minimum Gasteiger partial charge on any atom is -0.340 e. The molecule has 0 saturated heterocycles. The molecule has 142 valence electrons. The average Bonchev–Trinajstić information content (AvgIpc) is 2.79. The molecule has 4 aromatic rings. The van der Waals surface area contributed by atoms with Crippen molar-refractivity contribution in [3.8, 4) is 0 Å². The van der Waals surface area contributed by atoms with E-state index >= 15 is 0 Å². The van der Waals surface area contributed by atoms with E-state index in [1.54, 1.807) is 18.5 Å². The molecule has 1 aliphatic heterocycles. The SMILES string of the molecule is O=C(Nc1cccc2cccnc12)c1ccc(N2CCCc3ccccc32)cn1. The van der Waals surface area contributed by atoms with Gasteiger partial charge in [-0.3, -0.25) is 9.78 Å². The summed E-state index contributed by atoms with van der Waals surface area (Å²) in [4.78, 5) is 23.8. The quantitative estimate of drug-likeness (QED) is 0.545. The smallest absolute Gasteiger partial charge is 0.274 e. The summed E-state index contributed by atoms with van der Waals surface area (Å²) < 4.78 is 0. The summed E-state index contributed by atoms with van der Waals surface area (Å²) in [5, 5.41) is 3.92. The van der Waals surface area contributed by atoms with Crippen LogP contribution in [0.25, 0.3) is 10.9 Å². The number of anilines is 3. The van der Waals surface area contributed by atoms with Gasteiger partial charge in [-0.15, -0.1) is 0 Å². The van der Waals surface area contributed by atoms with Crippen molar-refractivity contribution in [1.29, 1.82) is 0 Å². The predicted octanol–water partition coefficient (Wildman–Crippen LogP) is 4.97. The standard InChI is InChI=1S/C24H20N4O/c29-24(27-20-10-3-7-18-8-4-14-25-23(18)20)21-13-12-19(16-26-21)28-15-5-9-17-6-1-2-11-22(17)28/h1-4,6-8,10-14,16H,5,9,15H2,(H,27,29). The Labute approximate surface area is 169 Å². The molecule has 5 nitrogen and oxygen atoms in total. The highest BCUT2D eigenvalue weighted by molar-refractivity contribution is 6.07. The molecule has 5 rings (SSSR count). The van der Waals surface area contributed by atoms with Crippen molar-refractivity contribution < 1.29 is 4.79 Å². The van der Waals surface area contributed by atoms with Gasteiger partial charge in [0, 0.05) is 23.8 Å². The second kappa shape index (κ2) is 7.36. The molecule has 0 spiro atoms. The number of pyridine rings is 2. The number of aryl methyl sites for hydroxylation is 1. The lowest BCUT2D eigenvalue weighted by atomic mass is 10.0. The van der Waals surface area contributed by atoms with E-state index in [0.29, 0.717) is 11.4 Å². The van der Waals surface area contributed by atoms with Crippen LogP contribution in [0.1, 0.15) is 22.5 Å². The Balaban J connectivity index is 1.39. The summed E-state index contributed by atoms with van der Waals surface area (Å²) >= 11 is 0. The van der Waals surface area contributed by atoms with E-state index in [1.165, 1.54) is 11.3 Å². The van der Waals surface area contributed by atoms with Gasteiger partial charge in [-0.2, -0.15) is 0 Å². The summed E-state index contributed by atoms with van der Waals surface area (Å²) in [6.07, 6.45) is 5.70. The summed E-state index contributed by atoms with van der Waals surface area (Å²) in [7, 11) is 0. The Morgan fingerprint density at radius 2 is 1.83 bits per heavy atom. The molecule has 0 saturated carbocycles. The number of rotatable bonds is 3. The highest BCUT2D eigenvalue weighted by Gasteiger charge is 2.18. The molecule has 5 heteroatoms. The van der Waals surface area contributed by atoms with Crippen molar-refractivity contribution in [2.75, 3.05) is 16.8 Å². The molecule has 1 amide bonds. The molecule has 0 aliphatic carbocycles. The van der Waals surface area contributed by atoms with Crippen LogP contribution < -0.4 is 10.2 Å². The Bertz CT molecular complexity index is 1180. The van der Waals surface area contributed by atoms with Gasteiger partial charge in [0.1, 0.15) is 5.69 Å². The van der Waals surface area contributed by atoms with Crippen LogP contribution in [0.5, 0.6) is 0 Å². The number of carbonyl (C=O) groups is 1. The largest absolute Gasteiger partial charge is 0.340 e. The lowest BCUT2D eigenvalue weighted by Gasteiger charge is -2.31. The first kappa shape index (κ1) is 17.4.